The van der Waals surface area contributed by atoms with Crippen molar-refractivity contribution in [3.63, 3.8) is 0 Å². The summed E-state index contributed by atoms with van der Waals surface area (Å²) in [5, 5.41) is 10.9. The summed E-state index contributed by atoms with van der Waals surface area (Å²) in [7, 11) is 0. The molecule has 0 aliphatic rings. The fourth-order valence-electron chi connectivity index (χ4n) is 1.82. The highest BCUT2D eigenvalue weighted by Crippen LogP contribution is 2.29. The highest BCUT2D eigenvalue weighted by atomic mass is 19.1. The molecule has 0 N–H and O–H groups in total. The van der Waals surface area contributed by atoms with Gasteiger partial charge in [-0.05, 0) is 18.6 Å². The van der Waals surface area contributed by atoms with Crippen molar-refractivity contribution in [3.05, 3.63) is 69.5 Å². The van der Waals surface area contributed by atoms with Crippen LogP contribution >= 0.6 is 0 Å². The largest absolute Gasteiger partial charge is 0.486 e. The monoisotopic (exact) mass is 289 g/mol. The van der Waals surface area contributed by atoms with Crippen molar-refractivity contribution in [3.8, 4) is 5.75 Å². The van der Waals surface area contributed by atoms with Crippen LogP contribution in [0.4, 0.5) is 10.1 Å². The molecule has 0 spiro atoms. The minimum Gasteiger partial charge on any atom is -0.486 e. The van der Waals surface area contributed by atoms with Crippen molar-refractivity contribution in [2.75, 3.05) is 0 Å². The third kappa shape index (κ3) is 3.42. The molecule has 0 unspecified atom stereocenters. The maximum atomic E-state index is 13.9. The van der Waals surface area contributed by atoms with Crippen LogP contribution < -0.4 is 4.74 Å². The number of nitro benzene ring substituents is 1. The zero-order chi connectivity index (χ0) is 15.4. The first-order chi connectivity index (χ1) is 9.99. The van der Waals surface area contributed by atoms with Crippen LogP contribution in [-0.2, 0) is 6.61 Å². The smallest absolute Gasteiger partial charge is 0.284 e. The number of ether oxygens (including phenoxy) is 1. The number of hydrogen-bond donors (Lipinski definition) is 0. The number of rotatable bonds is 5. The lowest BCUT2D eigenvalue weighted by Crippen LogP contribution is -2.04. The molecule has 0 saturated carbocycles. The average Bonchev–Trinajstić information content (AvgIpc) is 2.46. The number of nitro groups is 1. The zero-order valence-corrected chi connectivity index (χ0v) is 11.2. The summed E-state index contributed by atoms with van der Waals surface area (Å²) in [5.41, 5.74) is 0.0618. The first-order valence-corrected chi connectivity index (χ1v) is 6.14. The number of Topliss-reactive ketones (excluding diaryl/α,β-unsaturated/α-hetero) is 1. The summed E-state index contributed by atoms with van der Waals surface area (Å²) in [5.74, 6) is -1.63. The molecule has 0 aliphatic carbocycles. The van der Waals surface area contributed by atoms with Crippen LogP contribution in [0.1, 0.15) is 22.8 Å². The SMILES string of the molecule is CC(=O)c1cc(F)c(OCc2ccccc2)cc1[N+](=O)[O-]. The van der Waals surface area contributed by atoms with Gasteiger partial charge < -0.3 is 4.74 Å². The van der Waals surface area contributed by atoms with Gasteiger partial charge in [-0.25, -0.2) is 4.39 Å². The molecule has 0 saturated heterocycles. The quantitative estimate of drug-likeness (QED) is 0.480. The van der Waals surface area contributed by atoms with Gasteiger partial charge in [-0.3, -0.25) is 14.9 Å². The predicted octanol–water partition coefficient (Wildman–Crippen LogP) is 3.52. The second-order valence-electron chi connectivity index (χ2n) is 4.39. The van der Waals surface area contributed by atoms with Crippen molar-refractivity contribution in [2.24, 2.45) is 0 Å². The molecule has 2 rings (SSSR count). The molecule has 0 aliphatic heterocycles. The molecule has 5 nitrogen and oxygen atoms in total. The van der Waals surface area contributed by atoms with Gasteiger partial charge in [0.05, 0.1) is 16.6 Å². The molecule has 0 atom stereocenters. The Balaban J connectivity index is 2.30. The number of carbonyl (C=O) groups excluding carboxylic acids is 1. The van der Waals surface area contributed by atoms with E-state index in [0.29, 0.717) is 0 Å². The van der Waals surface area contributed by atoms with Gasteiger partial charge in [-0.1, -0.05) is 30.3 Å². The van der Waals surface area contributed by atoms with E-state index in [9.17, 15) is 19.3 Å². The number of carbonyl (C=O) groups is 1. The van der Waals surface area contributed by atoms with Crippen LogP contribution in [0, 0.1) is 15.9 Å². The molecule has 0 heterocycles. The maximum absolute atomic E-state index is 13.9. The fourth-order valence-corrected chi connectivity index (χ4v) is 1.82. The predicted molar refractivity (Wildman–Crippen MR) is 73.8 cm³/mol. The lowest BCUT2D eigenvalue weighted by atomic mass is 10.1. The topological polar surface area (TPSA) is 69.4 Å². The lowest BCUT2D eigenvalue weighted by molar-refractivity contribution is -0.385. The Bertz CT molecular complexity index is 686. The second-order valence-corrected chi connectivity index (χ2v) is 4.39. The Hall–Kier alpha value is -2.76. The van der Waals surface area contributed by atoms with Crippen molar-refractivity contribution in [2.45, 2.75) is 13.5 Å². The van der Waals surface area contributed by atoms with E-state index >= 15 is 0 Å². The van der Waals surface area contributed by atoms with Crippen molar-refractivity contribution >= 4 is 11.5 Å². The van der Waals surface area contributed by atoms with Crippen molar-refractivity contribution in [1.29, 1.82) is 0 Å². The molecule has 0 fully saturated rings. The number of nitrogens with zero attached hydrogens (tertiary/aromatic N) is 1. The molecule has 0 amide bonds. The fraction of sp³-hybridized carbons (Fsp3) is 0.133. The summed E-state index contributed by atoms with van der Waals surface area (Å²) < 4.78 is 19.1. The first-order valence-electron chi connectivity index (χ1n) is 6.14. The third-order valence-corrected chi connectivity index (χ3v) is 2.86. The van der Waals surface area contributed by atoms with Crippen LogP contribution in [0.25, 0.3) is 0 Å². The molecule has 0 aromatic heterocycles. The average molecular weight is 289 g/mol. The van der Waals surface area contributed by atoms with Crippen LogP contribution in [0.2, 0.25) is 0 Å². The zero-order valence-electron chi connectivity index (χ0n) is 11.2. The van der Waals surface area contributed by atoms with Crippen LogP contribution in [0.15, 0.2) is 42.5 Å². The second kappa shape index (κ2) is 6.13. The Morgan fingerprint density at radius 3 is 2.52 bits per heavy atom. The van der Waals surface area contributed by atoms with Gasteiger partial charge in [0, 0.05) is 0 Å². The van der Waals surface area contributed by atoms with Crippen molar-refractivity contribution < 1.29 is 18.8 Å². The van der Waals surface area contributed by atoms with E-state index < -0.39 is 22.2 Å². The van der Waals surface area contributed by atoms with Gasteiger partial charge in [-0.15, -0.1) is 0 Å². The molecule has 0 bridgehead atoms. The van der Waals surface area contributed by atoms with Gasteiger partial charge in [0.25, 0.3) is 5.69 Å². The minimum atomic E-state index is -0.804. The third-order valence-electron chi connectivity index (χ3n) is 2.86. The van der Waals surface area contributed by atoms with E-state index in [2.05, 4.69) is 0 Å². The Kier molecular flexibility index (Phi) is 4.27. The summed E-state index contributed by atoms with van der Waals surface area (Å²) in [6, 6.07) is 10.8. The maximum Gasteiger partial charge on any atom is 0.284 e. The van der Waals surface area contributed by atoms with E-state index in [4.69, 9.17) is 4.74 Å². The highest BCUT2D eigenvalue weighted by molar-refractivity contribution is 5.98. The molecule has 2 aromatic carbocycles. The van der Waals surface area contributed by atoms with Gasteiger partial charge in [0.15, 0.2) is 17.3 Å². The summed E-state index contributed by atoms with van der Waals surface area (Å²) in [4.78, 5) is 21.5. The van der Waals surface area contributed by atoms with E-state index in [1.54, 1.807) is 24.3 Å². The lowest BCUT2D eigenvalue weighted by Gasteiger charge is -2.08. The Morgan fingerprint density at radius 1 is 1.29 bits per heavy atom. The number of hydrogen-bond acceptors (Lipinski definition) is 4. The van der Waals surface area contributed by atoms with E-state index in [1.807, 2.05) is 6.07 Å². The molecule has 21 heavy (non-hydrogen) atoms. The minimum absolute atomic E-state index is 0.0777. The van der Waals surface area contributed by atoms with Gasteiger partial charge in [0.2, 0.25) is 0 Å². The van der Waals surface area contributed by atoms with Gasteiger partial charge in [-0.2, -0.15) is 0 Å². The van der Waals surface area contributed by atoms with Crippen LogP contribution in [-0.4, -0.2) is 10.7 Å². The highest BCUT2D eigenvalue weighted by Gasteiger charge is 2.22. The number of halogens is 1. The Labute approximate surface area is 120 Å². The summed E-state index contributed by atoms with van der Waals surface area (Å²) in [6.07, 6.45) is 0. The standard InChI is InChI=1S/C15H12FNO4/c1-10(18)12-7-13(16)15(8-14(12)17(19)20)21-9-11-5-3-2-4-6-11/h2-8H,9H2,1H3. The normalized spacial score (nSPS) is 10.2. The van der Waals surface area contributed by atoms with E-state index in [-0.39, 0.29) is 17.9 Å². The van der Waals surface area contributed by atoms with E-state index in [0.717, 1.165) is 24.6 Å². The van der Waals surface area contributed by atoms with Crippen LogP contribution in [0.3, 0.4) is 0 Å². The molecular formula is C15H12FNO4. The molecule has 2 aromatic rings. The number of ketones is 1. The molecule has 108 valence electrons. The molecule has 6 heteroatoms. The Morgan fingerprint density at radius 2 is 1.95 bits per heavy atom. The molecule has 0 radical (unpaired) electrons. The van der Waals surface area contributed by atoms with Gasteiger partial charge >= 0.3 is 0 Å². The number of benzene rings is 2. The van der Waals surface area contributed by atoms with Crippen LogP contribution in [0.5, 0.6) is 5.75 Å². The van der Waals surface area contributed by atoms with E-state index in [1.165, 1.54) is 0 Å². The summed E-state index contributed by atoms with van der Waals surface area (Å²) >= 11 is 0. The summed E-state index contributed by atoms with van der Waals surface area (Å²) in [6.45, 7) is 1.22. The van der Waals surface area contributed by atoms with Crippen molar-refractivity contribution in [1.82, 2.24) is 0 Å². The first kappa shape index (κ1) is 14.6. The van der Waals surface area contributed by atoms with Gasteiger partial charge in [0.1, 0.15) is 6.61 Å². The molecular weight excluding hydrogens is 277 g/mol.